The van der Waals surface area contributed by atoms with Crippen LogP contribution in [-0.4, -0.2) is 39.5 Å². The third-order valence-electron chi connectivity index (χ3n) is 6.91. The fourth-order valence-electron chi connectivity index (χ4n) is 4.85. The maximum Gasteiger partial charge on any atom is 0.240 e. The summed E-state index contributed by atoms with van der Waals surface area (Å²) < 4.78 is 55.3. The summed E-state index contributed by atoms with van der Waals surface area (Å²) in [6, 6.07) is 22.8. The van der Waals surface area contributed by atoms with Crippen LogP contribution >= 0.6 is 0 Å². The molecule has 4 rings (SSSR count). The highest BCUT2D eigenvalue weighted by atomic mass is 32.2. The SMILES string of the molecule is O=S(=O)(NCCC(CCN1CCC(c2ccccc2)CC1)c1ccc(F)c(F)c1)c1ccccc1. The molecule has 1 fully saturated rings. The highest BCUT2D eigenvalue weighted by Gasteiger charge is 2.22. The van der Waals surface area contributed by atoms with Gasteiger partial charge in [0.1, 0.15) is 0 Å². The molecule has 35 heavy (non-hydrogen) atoms. The molecule has 3 aromatic rings. The number of hydrogen-bond donors (Lipinski definition) is 1. The second-order valence-corrected chi connectivity index (χ2v) is 11.0. The van der Waals surface area contributed by atoms with Crippen LogP contribution in [0.15, 0.2) is 83.8 Å². The number of likely N-dealkylation sites (tertiary alicyclic amines) is 1. The van der Waals surface area contributed by atoms with Crippen LogP contribution in [-0.2, 0) is 10.0 Å². The van der Waals surface area contributed by atoms with Crippen LogP contribution in [0.4, 0.5) is 8.78 Å². The fraction of sp³-hybridized carbons (Fsp3) is 0.357. The Morgan fingerprint density at radius 3 is 2.17 bits per heavy atom. The zero-order valence-corrected chi connectivity index (χ0v) is 20.6. The maximum absolute atomic E-state index is 14.0. The highest BCUT2D eigenvalue weighted by molar-refractivity contribution is 7.89. The van der Waals surface area contributed by atoms with Crippen molar-refractivity contribution >= 4 is 10.0 Å². The number of nitrogens with one attached hydrogen (secondary N) is 1. The average molecular weight is 499 g/mol. The van der Waals surface area contributed by atoms with Crippen molar-refractivity contribution in [2.75, 3.05) is 26.2 Å². The standard InChI is InChI=1S/C28H32F2N2O2S/c29-27-12-11-25(21-28(27)30)23(13-17-31-35(33,34)26-9-5-2-6-10-26)14-18-32-19-15-24(16-20-32)22-7-3-1-4-8-22/h1-12,21,23-24,31H,13-20H2. The molecule has 0 saturated carbocycles. The van der Waals surface area contributed by atoms with Crippen molar-refractivity contribution in [3.05, 3.63) is 102 Å². The number of benzene rings is 3. The number of rotatable bonds is 10. The van der Waals surface area contributed by atoms with Crippen LogP contribution in [0.3, 0.4) is 0 Å². The van der Waals surface area contributed by atoms with E-state index in [1.54, 1.807) is 36.4 Å². The number of hydrogen-bond acceptors (Lipinski definition) is 3. The van der Waals surface area contributed by atoms with Gasteiger partial charge in [0.25, 0.3) is 0 Å². The summed E-state index contributed by atoms with van der Waals surface area (Å²) in [4.78, 5) is 2.63. The summed E-state index contributed by atoms with van der Waals surface area (Å²) in [6.07, 6.45) is 3.43. The molecule has 1 aliphatic heterocycles. The normalized spacial score (nSPS) is 16.3. The monoisotopic (exact) mass is 498 g/mol. The Hall–Kier alpha value is -2.61. The van der Waals surface area contributed by atoms with E-state index >= 15 is 0 Å². The van der Waals surface area contributed by atoms with Gasteiger partial charge in [-0.3, -0.25) is 0 Å². The van der Waals surface area contributed by atoms with Gasteiger partial charge in [0, 0.05) is 6.54 Å². The van der Waals surface area contributed by atoms with Crippen molar-refractivity contribution in [1.29, 1.82) is 0 Å². The van der Waals surface area contributed by atoms with Gasteiger partial charge in [-0.2, -0.15) is 0 Å². The van der Waals surface area contributed by atoms with Crippen LogP contribution in [0.25, 0.3) is 0 Å². The molecule has 0 spiro atoms. The Kier molecular flexibility index (Phi) is 8.65. The summed E-state index contributed by atoms with van der Waals surface area (Å²) >= 11 is 0. The second kappa shape index (κ2) is 11.9. The van der Waals surface area contributed by atoms with Crippen molar-refractivity contribution in [2.24, 2.45) is 0 Å². The number of sulfonamides is 1. The van der Waals surface area contributed by atoms with E-state index < -0.39 is 21.7 Å². The van der Waals surface area contributed by atoms with E-state index in [0.717, 1.165) is 45.0 Å². The molecule has 0 amide bonds. The molecule has 1 atom stereocenters. The highest BCUT2D eigenvalue weighted by Crippen LogP contribution is 2.30. The molecule has 0 bridgehead atoms. The van der Waals surface area contributed by atoms with E-state index in [1.807, 2.05) is 6.07 Å². The fourth-order valence-corrected chi connectivity index (χ4v) is 5.92. The van der Waals surface area contributed by atoms with E-state index in [1.165, 1.54) is 11.6 Å². The summed E-state index contributed by atoms with van der Waals surface area (Å²) in [7, 11) is -3.62. The van der Waals surface area contributed by atoms with E-state index in [-0.39, 0.29) is 17.4 Å². The smallest absolute Gasteiger partial charge is 0.240 e. The van der Waals surface area contributed by atoms with Crippen molar-refractivity contribution in [2.45, 2.75) is 42.4 Å². The predicted molar refractivity (Wildman–Crippen MR) is 135 cm³/mol. The molecule has 1 unspecified atom stereocenters. The van der Waals surface area contributed by atoms with Gasteiger partial charge in [0.2, 0.25) is 10.0 Å². The zero-order valence-electron chi connectivity index (χ0n) is 19.7. The Bertz CT molecular complexity index is 1180. The largest absolute Gasteiger partial charge is 0.303 e. The average Bonchev–Trinajstić information content (AvgIpc) is 2.89. The number of nitrogens with zero attached hydrogens (tertiary/aromatic N) is 1. The Morgan fingerprint density at radius 2 is 1.51 bits per heavy atom. The Balaban J connectivity index is 1.36. The van der Waals surface area contributed by atoms with Crippen LogP contribution < -0.4 is 4.72 Å². The van der Waals surface area contributed by atoms with Crippen LogP contribution in [0.1, 0.15) is 48.6 Å². The molecule has 1 saturated heterocycles. The Morgan fingerprint density at radius 1 is 0.857 bits per heavy atom. The summed E-state index contributed by atoms with van der Waals surface area (Å²) in [5.74, 6) is -1.27. The minimum Gasteiger partial charge on any atom is -0.303 e. The summed E-state index contributed by atoms with van der Waals surface area (Å²) in [6.45, 7) is 3.03. The molecule has 0 radical (unpaired) electrons. The zero-order chi connectivity index (χ0) is 24.7. The minimum atomic E-state index is -3.62. The first kappa shape index (κ1) is 25.5. The molecule has 3 aromatic carbocycles. The molecular weight excluding hydrogens is 466 g/mol. The molecule has 0 aromatic heterocycles. The number of piperidine rings is 1. The first-order chi connectivity index (χ1) is 16.9. The van der Waals surface area contributed by atoms with Gasteiger partial charge in [-0.15, -0.1) is 0 Å². The lowest BCUT2D eigenvalue weighted by Gasteiger charge is -2.33. The molecule has 4 nitrogen and oxygen atoms in total. The van der Waals surface area contributed by atoms with Gasteiger partial charge < -0.3 is 4.90 Å². The first-order valence-corrected chi connectivity index (χ1v) is 13.7. The predicted octanol–water partition coefficient (Wildman–Crippen LogP) is 5.69. The van der Waals surface area contributed by atoms with E-state index in [0.29, 0.717) is 17.9 Å². The molecule has 186 valence electrons. The molecule has 1 N–H and O–H groups in total. The third kappa shape index (κ3) is 6.97. The van der Waals surface area contributed by atoms with Gasteiger partial charge in [-0.05, 0) is 92.5 Å². The lowest BCUT2D eigenvalue weighted by molar-refractivity contribution is 0.204. The van der Waals surface area contributed by atoms with Gasteiger partial charge >= 0.3 is 0 Å². The van der Waals surface area contributed by atoms with E-state index in [4.69, 9.17) is 0 Å². The Labute approximate surface area is 207 Å². The van der Waals surface area contributed by atoms with Gasteiger partial charge in [0.05, 0.1) is 4.90 Å². The third-order valence-corrected chi connectivity index (χ3v) is 8.38. The van der Waals surface area contributed by atoms with E-state index in [9.17, 15) is 17.2 Å². The molecule has 1 heterocycles. The topological polar surface area (TPSA) is 49.4 Å². The number of halogens is 2. The van der Waals surface area contributed by atoms with Gasteiger partial charge in [-0.1, -0.05) is 54.6 Å². The minimum absolute atomic E-state index is 0.0876. The van der Waals surface area contributed by atoms with Gasteiger partial charge in [0.15, 0.2) is 11.6 Å². The van der Waals surface area contributed by atoms with Crippen molar-refractivity contribution in [3.63, 3.8) is 0 Å². The lowest BCUT2D eigenvalue weighted by atomic mass is 9.88. The molecule has 7 heteroatoms. The van der Waals surface area contributed by atoms with Crippen LogP contribution in [0.5, 0.6) is 0 Å². The van der Waals surface area contributed by atoms with E-state index in [2.05, 4.69) is 33.9 Å². The molecule has 1 aliphatic rings. The lowest BCUT2D eigenvalue weighted by Crippen LogP contribution is -2.34. The molecule has 0 aliphatic carbocycles. The van der Waals surface area contributed by atoms with Crippen LogP contribution in [0.2, 0.25) is 0 Å². The summed E-state index contributed by atoms with van der Waals surface area (Å²) in [5.41, 5.74) is 2.08. The van der Waals surface area contributed by atoms with Gasteiger partial charge in [-0.25, -0.2) is 21.9 Å². The van der Waals surface area contributed by atoms with Crippen molar-refractivity contribution in [3.8, 4) is 0 Å². The van der Waals surface area contributed by atoms with Crippen LogP contribution in [0, 0.1) is 11.6 Å². The molecular formula is C28H32F2N2O2S. The maximum atomic E-state index is 14.0. The second-order valence-electron chi connectivity index (χ2n) is 9.19. The van der Waals surface area contributed by atoms with Crippen molar-refractivity contribution in [1.82, 2.24) is 9.62 Å². The first-order valence-electron chi connectivity index (χ1n) is 12.2. The quantitative estimate of drug-likeness (QED) is 0.391. The summed E-state index contributed by atoms with van der Waals surface area (Å²) in [5, 5.41) is 0. The van der Waals surface area contributed by atoms with Crippen molar-refractivity contribution < 1.29 is 17.2 Å².